The zero-order valence-corrected chi connectivity index (χ0v) is 13.4. The van der Waals surface area contributed by atoms with Crippen LogP contribution in [0.25, 0.3) is 0 Å². The van der Waals surface area contributed by atoms with Crippen molar-refractivity contribution < 1.29 is 14.3 Å². The van der Waals surface area contributed by atoms with Crippen molar-refractivity contribution in [3.8, 4) is 0 Å². The van der Waals surface area contributed by atoms with E-state index in [0.717, 1.165) is 11.6 Å². The topological polar surface area (TPSA) is 63.7 Å². The van der Waals surface area contributed by atoms with Gasteiger partial charge in [0.2, 0.25) is 0 Å². The van der Waals surface area contributed by atoms with E-state index in [2.05, 4.69) is 10.3 Å². The lowest BCUT2D eigenvalue weighted by atomic mass is 9.85. The van der Waals surface area contributed by atoms with Gasteiger partial charge in [0.1, 0.15) is 16.2 Å². The van der Waals surface area contributed by atoms with Crippen LogP contribution in [0.3, 0.4) is 0 Å². The summed E-state index contributed by atoms with van der Waals surface area (Å²) in [5, 5.41) is 6.44. The van der Waals surface area contributed by atoms with Crippen LogP contribution in [0.1, 0.15) is 31.8 Å². The molecule has 3 rings (SSSR count). The maximum absolute atomic E-state index is 12.1. The van der Waals surface area contributed by atoms with Gasteiger partial charge in [-0.3, -0.25) is 0 Å². The standard InChI is InChI=1S/C14H21N3O3S/c1-13(2,3)20-12(18)17-8-14(9-17)10(15-4-6-19-14)11-16-5-7-21-11/h5,7,10,15H,4,6,8-9H2,1-3H3. The average Bonchev–Trinajstić information content (AvgIpc) is 2.87. The Kier molecular flexibility index (Phi) is 3.67. The highest BCUT2D eigenvalue weighted by Gasteiger charge is 2.55. The van der Waals surface area contributed by atoms with Crippen molar-refractivity contribution in [3.63, 3.8) is 0 Å². The van der Waals surface area contributed by atoms with Crippen LogP contribution in [0.15, 0.2) is 11.6 Å². The largest absolute Gasteiger partial charge is 0.444 e. The Hall–Kier alpha value is -1.18. The van der Waals surface area contributed by atoms with Crippen molar-refractivity contribution in [1.29, 1.82) is 0 Å². The fraction of sp³-hybridized carbons (Fsp3) is 0.714. The molecule has 1 aromatic heterocycles. The summed E-state index contributed by atoms with van der Waals surface area (Å²) in [7, 11) is 0. The molecule has 0 bridgehead atoms. The number of thiazole rings is 1. The minimum Gasteiger partial charge on any atom is -0.444 e. The number of hydrogen-bond acceptors (Lipinski definition) is 6. The van der Waals surface area contributed by atoms with Crippen LogP contribution in [0.2, 0.25) is 0 Å². The van der Waals surface area contributed by atoms with Gasteiger partial charge in [-0.25, -0.2) is 9.78 Å². The van der Waals surface area contributed by atoms with E-state index in [-0.39, 0.29) is 17.7 Å². The summed E-state index contributed by atoms with van der Waals surface area (Å²) in [6.45, 7) is 8.16. The summed E-state index contributed by atoms with van der Waals surface area (Å²) < 4.78 is 11.4. The molecule has 1 N–H and O–H groups in total. The molecule has 0 radical (unpaired) electrons. The minimum absolute atomic E-state index is 0.0462. The number of ether oxygens (including phenoxy) is 2. The lowest BCUT2D eigenvalue weighted by Crippen LogP contribution is -2.71. The van der Waals surface area contributed by atoms with Gasteiger partial charge >= 0.3 is 6.09 Å². The number of amides is 1. The SMILES string of the molecule is CC(C)(C)OC(=O)N1CC2(C1)OCCNC2c1nccs1. The van der Waals surface area contributed by atoms with Gasteiger partial charge in [0, 0.05) is 18.1 Å². The van der Waals surface area contributed by atoms with E-state index < -0.39 is 5.60 Å². The third-order valence-electron chi connectivity index (χ3n) is 3.63. The van der Waals surface area contributed by atoms with Crippen LogP contribution in [0.5, 0.6) is 0 Å². The molecule has 1 amide bonds. The smallest absolute Gasteiger partial charge is 0.410 e. The molecule has 6 nitrogen and oxygen atoms in total. The number of likely N-dealkylation sites (tertiary alicyclic amines) is 1. The van der Waals surface area contributed by atoms with Crippen LogP contribution in [0.4, 0.5) is 4.79 Å². The van der Waals surface area contributed by atoms with E-state index in [1.165, 1.54) is 0 Å². The Labute approximate surface area is 128 Å². The number of hydrogen-bond donors (Lipinski definition) is 1. The quantitative estimate of drug-likeness (QED) is 0.857. The molecule has 21 heavy (non-hydrogen) atoms. The van der Waals surface area contributed by atoms with Crippen LogP contribution < -0.4 is 5.32 Å². The normalized spacial score (nSPS) is 24.7. The van der Waals surface area contributed by atoms with Crippen molar-refractivity contribution in [3.05, 3.63) is 16.6 Å². The van der Waals surface area contributed by atoms with Gasteiger partial charge in [-0.15, -0.1) is 11.3 Å². The molecular formula is C14H21N3O3S. The molecule has 0 saturated carbocycles. The zero-order chi connectivity index (χ0) is 15.1. The van der Waals surface area contributed by atoms with Gasteiger partial charge in [-0.05, 0) is 20.8 Å². The number of morpholine rings is 1. The van der Waals surface area contributed by atoms with Crippen LogP contribution in [-0.2, 0) is 9.47 Å². The predicted octanol–water partition coefficient (Wildman–Crippen LogP) is 1.79. The molecule has 2 fully saturated rings. The second kappa shape index (κ2) is 5.23. The second-order valence-corrected chi connectivity index (χ2v) is 7.43. The molecular weight excluding hydrogens is 290 g/mol. The first-order valence-corrected chi connectivity index (χ1v) is 8.02. The average molecular weight is 311 g/mol. The molecule has 2 saturated heterocycles. The van der Waals surface area contributed by atoms with Crippen molar-refractivity contribution in [2.24, 2.45) is 0 Å². The highest BCUT2D eigenvalue weighted by atomic mass is 32.1. The fourth-order valence-electron chi connectivity index (χ4n) is 2.75. The number of aromatic nitrogens is 1. The maximum atomic E-state index is 12.1. The molecule has 0 aromatic carbocycles. The van der Waals surface area contributed by atoms with E-state index in [9.17, 15) is 4.79 Å². The predicted molar refractivity (Wildman–Crippen MR) is 79.3 cm³/mol. The van der Waals surface area contributed by atoms with Crippen molar-refractivity contribution in [2.45, 2.75) is 38.0 Å². The fourth-order valence-corrected chi connectivity index (χ4v) is 3.56. The monoisotopic (exact) mass is 311 g/mol. The van der Waals surface area contributed by atoms with Gasteiger partial charge in [0.05, 0.1) is 25.7 Å². The number of carbonyl (C=O) groups is 1. The zero-order valence-electron chi connectivity index (χ0n) is 12.6. The first-order valence-electron chi connectivity index (χ1n) is 7.14. The third kappa shape index (κ3) is 2.90. The first kappa shape index (κ1) is 14.7. The highest BCUT2D eigenvalue weighted by molar-refractivity contribution is 7.09. The molecule has 7 heteroatoms. The highest BCUT2D eigenvalue weighted by Crippen LogP contribution is 2.40. The van der Waals surface area contributed by atoms with Crippen LogP contribution in [-0.4, -0.2) is 53.4 Å². The summed E-state index contributed by atoms with van der Waals surface area (Å²) in [6.07, 6.45) is 1.52. The Bertz CT molecular complexity index is 506. The van der Waals surface area contributed by atoms with Crippen molar-refractivity contribution >= 4 is 17.4 Å². The summed E-state index contributed by atoms with van der Waals surface area (Å²) in [5.41, 5.74) is -0.840. The summed E-state index contributed by atoms with van der Waals surface area (Å²) >= 11 is 1.61. The van der Waals surface area contributed by atoms with Crippen LogP contribution in [0, 0.1) is 0 Å². The Morgan fingerprint density at radius 2 is 2.33 bits per heavy atom. The Balaban J connectivity index is 1.67. The van der Waals surface area contributed by atoms with E-state index >= 15 is 0 Å². The van der Waals surface area contributed by atoms with E-state index in [1.807, 2.05) is 26.2 Å². The van der Waals surface area contributed by atoms with E-state index in [0.29, 0.717) is 19.7 Å². The molecule has 1 spiro atoms. The lowest BCUT2D eigenvalue weighted by Gasteiger charge is -2.54. The Morgan fingerprint density at radius 1 is 1.57 bits per heavy atom. The number of nitrogens with one attached hydrogen (secondary N) is 1. The molecule has 2 aliphatic heterocycles. The molecule has 2 aliphatic rings. The molecule has 1 atom stereocenters. The lowest BCUT2D eigenvalue weighted by molar-refractivity contribution is -0.176. The molecule has 1 aromatic rings. The van der Waals surface area contributed by atoms with Crippen molar-refractivity contribution in [1.82, 2.24) is 15.2 Å². The van der Waals surface area contributed by atoms with Gasteiger partial charge in [-0.2, -0.15) is 0 Å². The minimum atomic E-state index is -0.472. The molecule has 0 aliphatic carbocycles. The van der Waals surface area contributed by atoms with Gasteiger partial charge in [0.25, 0.3) is 0 Å². The number of carbonyl (C=O) groups excluding carboxylic acids is 1. The summed E-state index contributed by atoms with van der Waals surface area (Å²) in [5.74, 6) is 0. The number of nitrogens with zero attached hydrogens (tertiary/aromatic N) is 2. The summed E-state index contributed by atoms with van der Waals surface area (Å²) in [4.78, 5) is 18.2. The molecule has 1 unspecified atom stereocenters. The van der Waals surface area contributed by atoms with Crippen LogP contribution >= 0.6 is 11.3 Å². The van der Waals surface area contributed by atoms with Crippen molar-refractivity contribution in [2.75, 3.05) is 26.2 Å². The second-order valence-electron chi connectivity index (χ2n) is 6.51. The van der Waals surface area contributed by atoms with Gasteiger partial charge in [-0.1, -0.05) is 0 Å². The van der Waals surface area contributed by atoms with Gasteiger partial charge in [0.15, 0.2) is 0 Å². The maximum Gasteiger partial charge on any atom is 0.410 e. The third-order valence-corrected chi connectivity index (χ3v) is 4.47. The molecule has 116 valence electrons. The first-order chi connectivity index (χ1) is 9.90. The van der Waals surface area contributed by atoms with Gasteiger partial charge < -0.3 is 19.7 Å². The molecule has 3 heterocycles. The van der Waals surface area contributed by atoms with E-state index in [4.69, 9.17) is 9.47 Å². The van der Waals surface area contributed by atoms with E-state index in [1.54, 1.807) is 22.4 Å². The number of rotatable bonds is 1. The Morgan fingerprint density at radius 3 is 2.95 bits per heavy atom. The summed E-state index contributed by atoms with van der Waals surface area (Å²) in [6, 6.07) is 0.0462.